The summed E-state index contributed by atoms with van der Waals surface area (Å²) in [5.41, 5.74) is 0. The van der Waals surface area contributed by atoms with E-state index in [1.54, 1.807) is 14.0 Å². The molecule has 7 heteroatoms. The summed E-state index contributed by atoms with van der Waals surface area (Å²) >= 11 is 0. The normalized spacial score (nSPS) is 31.0. The Morgan fingerprint density at radius 3 is 2.41 bits per heavy atom. The molecular formula is C20H33N3O4. The fourth-order valence-electron chi connectivity index (χ4n) is 4.51. The molecule has 0 aromatic heterocycles. The van der Waals surface area contributed by atoms with Crippen molar-refractivity contribution in [2.45, 2.75) is 58.7 Å². The maximum atomic E-state index is 13.3. The van der Waals surface area contributed by atoms with E-state index in [1.807, 2.05) is 26.0 Å². The molecule has 0 unspecified atom stereocenters. The van der Waals surface area contributed by atoms with Gasteiger partial charge in [-0.1, -0.05) is 25.5 Å². The highest BCUT2D eigenvalue weighted by molar-refractivity contribution is 5.97. The van der Waals surface area contributed by atoms with Gasteiger partial charge in [-0.2, -0.15) is 0 Å². The molecule has 0 spiro atoms. The van der Waals surface area contributed by atoms with Crippen molar-refractivity contribution in [3.63, 3.8) is 0 Å². The number of nitrogens with zero attached hydrogens (tertiary/aromatic N) is 1. The van der Waals surface area contributed by atoms with Crippen molar-refractivity contribution in [3.05, 3.63) is 12.2 Å². The molecule has 6 atom stereocenters. The molecule has 1 heterocycles. The van der Waals surface area contributed by atoms with Crippen molar-refractivity contribution in [2.75, 3.05) is 13.7 Å². The maximum absolute atomic E-state index is 13.3. The molecule has 1 saturated heterocycles. The second-order valence-corrected chi connectivity index (χ2v) is 7.97. The summed E-state index contributed by atoms with van der Waals surface area (Å²) in [6, 6.07) is -1.26. The van der Waals surface area contributed by atoms with Gasteiger partial charge in [0.05, 0.1) is 24.5 Å². The Morgan fingerprint density at radius 1 is 1.22 bits per heavy atom. The van der Waals surface area contributed by atoms with Crippen molar-refractivity contribution in [1.82, 2.24) is 15.5 Å². The Morgan fingerprint density at radius 2 is 1.89 bits per heavy atom. The predicted octanol–water partition coefficient (Wildman–Crippen LogP) is 0.683. The number of fused-ring (bicyclic) bond motifs is 1. The van der Waals surface area contributed by atoms with Gasteiger partial charge in [-0.15, -0.1) is 0 Å². The molecule has 3 N–H and O–H groups in total. The van der Waals surface area contributed by atoms with Gasteiger partial charge in [0.25, 0.3) is 0 Å². The van der Waals surface area contributed by atoms with Gasteiger partial charge in [-0.3, -0.25) is 14.4 Å². The second kappa shape index (κ2) is 8.87. The number of carbonyl (C=O) groups excluding carboxylic acids is 3. The molecule has 0 aromatic carbocycles. The van der Waals surface area contributed by atoms with Gasteiger partial charge in [0.15, 0.2) is 0 Å². The van der Waals surface area contributed by atoms with E-state index in [9.17, 15) is 19.5 Å². The van der Waals surface area contributed by atoms with Gasteiger partial charge in [-0.05, 0) is 33.1 Å². The third-order valence-corrected chi connectivity index (χ3v) is 5.66. The molecule has 2 rings (SSSR count). The van der Waals surface area contributed by atoms with E-state index in [-0.39, 0.29) is 42.2 Å². The quantitative estimate of drug-likeness (QED) is 0.567. The molecule has 1 aliphatic heterocycles. The zero-order chi connectivity index (χ0) is 20.3. The monoisotopic (exact) mass is 379 g/mol. The Hall–Kier alpha value is -1.89. The summed E-state index contributed by atoms with van der Waals surface area (Å²) in [6.45, 7) is 7.29. The fourth-order valence-corrected chi connectivity index (χ4v) is 4.51. The van der Waals surface area contributed by atoms with Crippen molar-refractivity contribution in [2.24, 2.45) is 23.7 Å². The van der Waals surface area contributed by atoms with Gasteiger partial charge >= 0.3 is 0 Å². The van der Waals surface area contributed by atoms with Gasteiger partial charge in [0, 0.05) is 19.0 Å². The van der Waals surface area contributed by atoms with Crippen LogP contribution in [-0.2, 0) is 14.4 Å². The molecule has 0 saturated carbocycles. The van der Waals surface area contributed by atoms with E-state index < -0.39 is 23.9 Å². The summed E-state index contributed by atoms with van der Waals surface area (Å²) in [5, 5.41) is 15.3. The van der Waals surface area contributed by atoms with E-state index in [0.717, 1.165) is 12.8 Å². The van der Waals surface area contributed by atoms with Gasteiger partial charge in [0.1, 0.15) is 6.04 Å². The van der Waals surface area contributed by atoms with Crippen molar-refractivity contribution in [3.8, 4) is 0 Å². The van der Waals surface area contributed by atoms with Crippen LogP contribution in [0.1, 0.15) is 40.5 Å². The highest BCUT2D eigenvalue weighted by atomic mass is 16.3. The zero-order valence-corrected chi connectivity index (χ0v) is 16.9. The molecule has 152 valence electrons. The van der Waals surface area contributed by atoms with Crippen LogP contribution in [0.2, 0.25) is 0 Å². The molecule has 3 amide bonds. The Bertz CT molecular complexity index is 604. The first-order valence-corrected chi connectivity index (χ1v) is 9.91. The molecule has 0 aromatic rings. The SMILES string of the molecule is CCC[C@@H]1C=C[C@H]2[C@H](C(=O)N([C@H](C)CO)[C@@H]2C(=O)NC(C)C)[C@@H]1C(=O)NC. The number of amides is 3. The molecule has 2 aliphatic rings. The van der Waals surface area contributed by atoms with E-state index >= 15 is 0 Å². The van der Waals surface area contributed by atoms with E-state index in [1.165, 1.54) is 4.90 Å². The predicted molar refractivity (Wildman–Crippen MR) is 103 cm³/mol. The molecule has 1 fully saturated rings. The van der Waals surface area contributed by atoms with Crippen LogP contribution in [0.3, 0.4) is 0 Å². The van der Waals surface area contributed by atoms with Crippen LogP contribution in [0.4, 0.5) is 0 Å². The average Bonchev–Trinajstić information content (AvgIpc) is 2.93. The number of aliphatic hydroxyl groups is 1. The van der Waals surface area contributed by atoms with E-state index in [2.05, 4.69) is 17.6 Å². The number of allylic oxidation sites excluding steroid dienone is 1. The summed E-state index contributed by atoms with van der Waals surface area (Å²) in [7, 11) is 1.58. The van der Waals surface area contributed by atoms with Crippen LogP contribution in [0.5, 0.6) is 0 Å². The first-order valence-electron chi connectivity index (χ1n) is 9.91. The second-order valence-electron chi connectivity index (χ2n) is 7.97. The minimum Gasteiger partial charge on any atom is -0.394 e. The van der Waals surface area contributed by atoms with E-state index in [0.29, 0.717) is 0 Å². The lowest BCUT2D eigenvalue weighted by Crippen LogP contribution is -2.52. The fraction of sp³-hybridized carbons (Fsp3) is 0.750. The smallest absolute Gasteiger partial charge is 0.243 e. The third-order valence-electron chi connectivity index (χ3n) is 5.66. The number of likely N-dealkylation sites (tertiary alicyclic amines) is 1. The molecule has 7 nitrogen and oxygen atoms in total. The van der Waals surface area contributed by atoms with Crippen molar-refractivity contribution < 1.29 is 19.5 Å². The minimum absolute atomic E-state index is 0.0293. The standard InChI is InChI=1S/C20H33N3O4/c1-6-7-13-8-9-14-16(15(13)18(25)21-5)20(27)23(12(4)10-24)17(14)19(26)22-11(2)3/h8-9,11-17,24H,6-7,10H2,1-5H3,(H,21,25)(H,22,26)/t12-,13-,14+,15-,16+,17+/m1/s1. The van der Waals surface area contributed by atoms with Crippen LogP contribution in [-0.4, -0.2) is 59.5 Å². The highest BCUT2D eigenvalue weighted by Crippen LogP contribution is 2.45. The summed E-state index contributed by atoms with van der Waals surface area (Å²) in [5.74, 6) is -2.10. The Balaban J connectivity index is 2.49. The lowest BCUT2D eigenvalue weighted by atomic mass is 9.68. The van der Waals surface area contributed by atoms with Crippen molar-refractivity contribution >= 4 is 17.7 Å². The van der Waals surface area contributed by atoms with E-state index in [4.69, 9.17) is 0 Å². The van der Waals surface area contributed by atoms with Crippen LogP contribution in [0.15, 0.2) is 12.2 Å². The molecule has 0 bridgehead atoms. The van der Waals surface area contributed by atoms with Gasteiger partial charge in [-0.25, -0.2) is 0 Å². The van der Waals surface area contributed by atoms with Gasteiger partial charge < -0.3 is 20.6 Å². The molecule has 27 heavy (non-hydrogen) atoms. The van der Waals surface area contributed by atoms with Crippen molar-refractivity contribution in [1.29, 1.82) is 0 Å². The number of nitrogens with one attached hydrogen (secondary N) is 2. The van der Waals surface area contributed by atoms with Crippen LogP contribution in [0, 0.1) is 23.7 Å². The average molecular weight is 380 g/mol. The maximum Gasteiger partial charge on any atom is 0.243 e. The number of rotatable bonds is 7. The Labute approximate surface area is 161 Å². The van der Waals surface area contributed by atoms with Crippen LogP contribution >= 0.6 is 0 Å². The largest absolute Gasteiger partial charge is 0.394 e. The topological polar surface area (TPSA) is 98.7 Å². The zero-order valence-electron chi connectivity index (χ0n) is 16.9. The lowest BCUT2D eigenvalue weighted by Gasteiger charge is -2.34. The molecule has 1 aliphatic carbocycles. The number of aliphatic hydroxyl groups excluding tert-OH is 1. The minimum atomic E-state index is -0.710. The first-order chi connectivity index (χ1) is 12.8. The van der Waals surface area contributed by atoms with Crippen LogP contribution in [0.25, 0.3) is 0 Å². The number of carbonyl (C=O) groups is 3. The third kappa shape index (κ3) is 4.03. The molecular weight excluding hydrogens is 346 g/mol. The highest BCUT2D eigenvalue weighted by Gasteiger charge is 2.57. The number of hydrogen-bond donors (Lipinski definition) is 3. The van der Waals surface area contributed by atoms with Crippen LogP contribution < -0.4 is 10.6 Å². The van der Waals surface area contributed by atoms with Gasteiger partial charge in [0.2, 0.25) is 17.7 Å². The summed E-state index contributed by atoms with van der Waals surface area (Å²) < 4.78 is 0. The summed E-state index contributed by atoms with van der Waals surface area (Å²) in [6.07, 6.45) is 5.66. The first kappa shape index (κ1) is 21.4. The number of hydrogen-bond acceptors (Lipinski definition) is 4. The lowest BCUT2D eigenvalue weighted by molar-refractivity contribution is -0.143. The molecule has 0 radical (unpaired) electrons. The summed E-state index contributed by atoms with van der Waals surface area (Å²) in [4.78, 5) is 40.4. The Kier molecular flexibility index (Phi) is 7.03.